The molecule has 1 saturated heterocycles. The molecular formula is C9H17N3O. The highest BCUT2D eigenvalue weighted by molar-refractivity contribution is 5.75. The second-order valence-electron chi connectivity index (χ2n) is 4.25. The van der Waals surface area contributed by atoms with Gasteiger partial charge in [-0.1, -0.05) is 0 Å². The maximum atomic E-state index is 11.4. The predicted octanol–water partition coefficient (Wildman–Crippen LogP) is 0.104. The Morgan fingerprint density at radius 2 is 2.00 bits per heavy atom. The minimum Gasteiger partial charge on any atom is -0.335 e. The zero-order chi connectivity index (χ0) is 9.42. The molecule has 0 aromatic heterocycles. The number of carbonyl (C=O) groups is 1. The van der Waals surface area contributed by atoms with E-state index in [1.54, 1.807) is 0 Å². The zero-order valence-electron chi connectivity index (χ0n) is 8.29. The minimum atomic E-state index is 0.126. The Labute approximate surface area is 78.9 Å². The maximum Gasteiger partial charge on any atom is 0.317 e. The third kappa shape index (κ3) is 1.94. The summed E-state index contributed by atoms with van der Waals surface area (Å²) in [5.41, 5.74) is 0. The minimum absolute atomic E-state index is 0.126. The second-order valence-corrected chi connectivity index (χ2v) is 4.25. The topological polar surface area (TPSA) is 35.6 Å². The van der Waals surface area contributed by atoms with E-state index in [4.69, 9.17) is 0 Å². The highest BCUT2D eigenvalue weighted by Gasteiger charge is 2.34. The normalized spacial score (nSPS) is 23.2. The van der Waals surface area contributed by atoms with Crippen molar-refractivity contribution in [1.82, 2.24) is 15.1 Å². The number of rotatable bonds is 2. The van der Waals surface area contributed by atoms with Crippen LogP contribution in [0.4, 0.5) is 4.79 Å². The van der Waals surface area contributed by atoms with E-state index in [0.717, 1.165) is 25.9 Å². The zero-order valence-corrected chi connectivity index (χ0v) is 8.29. The summed E-state index contributed by atoms with van der Waals surface area (Å²) in [5.74, 6) is 0. The van der Waals surface area contributed by atoms with Crippen LogP contribution in [-0.2, 0) is 0 Å². The van der Waals surface area contributed by atoms with Crippen LogP contribution in [0.15, 0.2) is 0 Å². The first kappa shape index (κ1) is 8.81. The van der Waals surface area contributed by atoms with Gasteiger partial charge in [0.25, 0.3) is 0 Å². The van der Waals surface area contributed by atoms with E-state index in [-0.39, 0.29) is 6.03 Å². The number of urea groups is 1. The van der Waals surface area contributed by atoms with Crippen molar-refractivity contribution in [1.29, 1.82) is 0 Å². The van der Waals surface area contributed by atoms with Gasteiger partial charge in [-0.15, -0.1) is 0 Å². The van der Waals surface area contributed by atoms with E-state index in [1.165, 1.54) is 0 Å². The first-order valence-corrected chi connectivity index (χ1v) is 4.88. The Morgan fingerprint density at radius 1 is 1.38 bits per heavy atom. The van der Waals surface area contributed by atoms with Gasteiger partial charge in [0.1, 0.15) is 0 Å². The van der Waals surface area contributed by atoms with E-state index >= 15 is 0 Å². The fourth-order valence-corrected chi connectivity index (χ4v) is 1.44. The van der Waals surface area contributed by atoms with Gasteiger partial charge in [0.15, 0.2) is 0 Å². The molecule has 0 aromatic carbocycles. The smallest absolute Gasteiger partial charge is 0.317 e. The van der Waals surface area contributed by atoms with Crippen LogP contribution in [0.1, 0.15) is 12.8 Å². The molecule has 0 atom stereocenters. The molecule has 0 unspecified atom stereocenters. The molecule has 13 heavy (non-hydrogen) atoms. The summed E-state index contributed by atoms with van der Waals surface area (Å²) in [7, 11) is 4.11. The molecule has 2 amide bonds. The SMILES string of the molecule is CN(C)C1CN(C(=O)NC2CC2)C1. The van der Waals surface area contributed by atoms with Gasteiger partial charge in [-0.3, -0.25) is 0 Å². The van der Waals surface area contributed by atoms with Crippen LogP contribution in [-0.4, -0.2) is 55.1 Å². The molecule has 4 nitrogen and oxygen atoms in total. The first-order chi connectivity index (χ1) is 6.16. The van der Waals surface area contributed by atoms with Gasteiger partial charge < -0.3 is 15.1 Å². The van der Waals surface area contributed by atoms with Gasteiger partial charge in [0.05, 0.1) is 0 Å². The monoisotopic (exact) mass is 183 g/mol. The Kier molecular flexibility index (Phi) is 2.15. The quantitative estimate of drug-likeness (QED) is 0.659. The van der Waals surface area contributed by atoms with Gasteiger partial charge in [-0.2, -0.15) is 0 Å². The van der Waals surface area contributed by atoms with E-state index < -0.39 is 0 Å². The number of likely N-dealkylation sites (N-methyl/N-ethyl adjacent to an activating group) is 1. The predicted molar refractivity (Wildman–Crippen MR) is 50.6 cm³/mol. The number of likely N-dealkylation sites (tertiary alicyclic amines) is 1. The average molecular weight is 183 g/mol. The Hall–Kier alpha value is -0.770. The lowest BCUT2D eigenvalue weighted by atomic mass is 10.1. The molecule has 0 bridgehead atoms. The third-order valence-electron chi connectivity index (χ3n) is 2.78. The molecule has 2 aliphatic rings. The van der Waals surface area contributed by atoms with Crippen molar-refractivity contribution in [3.63, 3.8) is 0 Å². The molecule has 0 spiro atoms. The number of carbonyl (C=O) groups excluding carboxylic acids is 1. The summed E-state index contributed by atoms with van der Waals surface area (Å²) in [6, 6.07) is 1.16. The Bertz CT molecular complexity index is 207. The molecule has 1 aliphatic carbocycles. The molecule has 1 saturated carbocycles. The van der Waals surface area contributed by atoms with Gasteiger partial charge >= 0.3 is 6.03 Å². The third-order valence-corrected chi connectivity index (χ3v) is 2.78. The van der Waals surface area contributed by atoms with Gasteiger partial charge in [0, 0.05) is 25.2 Å². The van der Waals surface area contributed by atoms with Gasteiger partial charge in [0.2, 0.25) is 0 Å². The van der Waals surface area contributed by atoms with Crippen molar-refractivity contribution in [2.24, 2.45) is 0 Å². The van der Waals surface area contributed by atoms with Crippen molar-refractivity contribution in [2.75, 3.05) is 27.2 Å². The molecule has 1 heterocycles. The fraction of sp³-hybridized carbons (Fsp3) is 0.889. The number of hydrogen-bond acceptors (Lipinski definition) is 2. The van der Waals surface area contributed by atoms with Crippen molar-refractivity contribution in [2.45, 2.75) is 24.9 Å². The van der Waals surface area contributed by atoms with Crippen molar-refractivity contribution in [3.8, 4) is 0 Å². The number of amides is 2. The van der Waals surface area contributed by atoms with E-state index in [1.807, 2.05) is 4.90 Å². The summed E-state index contributed by atoms with van der Waals surface area (Å²) in [6.07, 6.45) is 2.33. The molecule has 1 N–H and O–H groups in total. The summed E-state index contributed by atoms with van der Waals surface area (Å²) in [4.78, 5) is 15.5. The molecule has 0 aromatic rings. The van der Waals surface area contributed by atoms with Crippen LogP contribution in [0.2, 0.25) is 0 Å². The second kappa shape index (κ2) is 3.18. The van der Waals surface area contributed by atoms with Crippen molar-refractivity contribution < 1.29 is 4.79 Å². The van der Waals surface area contributed by atoms with Crippen LogP contribution in [0.5, 0.6) is 0 Å². The Morgan fingerprint density at radius 3 is 2.46 bits per heavy atom. The first-order valence-electron chi connectivity index (χ1n) is 4.88. The molecule has 1 aliphatic heterocycles. The maximum absolute atomic E-state index is 11.4. The molecule has 74 valence electrons. The number of nitrogens with zero attached hydrogens (tertiary/aromatic N) is 2. The summed E-state index contributed by atoms with van der Waals surface area (Å²) in [6.45, 7) is 1.76. The summed E-state index contributed by atoms with van der Waals surface area (Å²) in [5, 5.41) is 2.98. The van der Waals surface area contributed by atoms with Crippen LogP contribution in [0.25, 0.3) is 0 Å². The molecule has 4 heteroatoms. The summed E-state index contributed by atoms with van der Waals surface area (Å²) >= 11 is 0. The highest BCUT2D eigenvalue weighted by Crippen LogP contribution is 2.20. The lowest BCUT2D eigenvalue weighted by Crippen LogP contribution is -2.61. The van der Waals surface area contributed by atoms with Gasteiger partial charge in [-0.05, 0) is 26.9 Å². The van der Waals surface area contributed by atoms with E-state index in [9.17, 15) is 4.79 Å². The van der Waals surface area contributed by atoms with E-state index in [0.29, 0.717) is 12.1 Å². The molecular weight excluding hydrogens is 166 g/mol. The number of hydrogen-bond donors (Lipinski definition) is 1. The van der Waals surface area contributed by atoms with Crippen molar-refractivity contribution >= 4 is 6.03 Å². The standard InChI is InChI=1S/C9H17N3O/c1-11(2)8-5-12(6-8)9(13)10-7-3-4-7/h7-8H,3-6H2,1-2H3,(H,10,13). The van der Waals surface area contributed by atoms with Crippen LogP contribution in [0, 0.1) is 0 Å². The van der Waals surface area contributed by atoms with Crippen LogP contribution in [0.3, 0.4) is 0 Å². The molecule has 2 rings (SSSR count). The fourth-order valence-electron chi connectivity index (χ4n) is 1.44. The van der Waals surface area contributed by atoms with Crippen LogP contribution < -0.4 is 5.32 Å². The van der Waals surface area contributed by atoms with E-state index in [2.05, 4.69) is 24.3 Å². The number of nitrogens with one attached hydrogen (secondary N) is 1. The largest absolute Gasteiger partial charge is 0.335 e. The van der Waals surface area contributed by atoms with Crippen molar-refractivity contribution in [3.05, 3.63) is 0 Å². The Balaban J connectivity index is 1.69. The molecule has 0 radical (unpaired) electrons. The lowest BCUT2D eigenvalue weighted by Gasteiger charge is -2.42. The average Bonchev–Trinajstić information content (AvgIpc) is 2.66. The highest BCUT2D eigenvalue weighted by atomic mass is 16.2. The van der Waals surface area contributed by atoms with Gasteiger partial charge in [-0.25, -0.2) is 4.79 Å². The summed E-state index contributed by atoms with van der Waals surface area (Å²) < 4.78 is 0. The lowest BCUT2D eigenvalue weighted by molar-refractivity contribution is 0.0870. The molecule has 2 fully saturated rings. The van der Waals surface area contributed by atoms with Crippen LogP contribution >= 0.6 is 0 Å².